The topological polar surface area (TPSA) is 69.4 Å². The fourth-order valence-corrected chi connectivity index (χ4v) is 1.19. The Morgan fingerprint density at radius 3 is 2.31 bits per heavy atom. The van der Waals surface area contributed by atoms with Gasteiger partial charge in [0.25, 0.3) is 0 Å². The minimum Gasteiger partial charge on any atom is -0.466 e. The second-order valence-corrected chi connectivity index (χ2v) is 3.60. The monoisotopic (exact) mass is 251 g/mol. The highest BCUT2D eigenvalue weighted by Gasteiger charge is 2.03. The molecule has 0 spiro atoms. The van der Waals surface area contributed by atoms with E-state index in [1.54, 1.807) is 0 Å². The molecule has 16 heavy (non-hydrogen) atoms. The van der Waals surface area contributed by atoms with Gasteiger partial charge in [0.05, 0.1) is 6.61 Å². The lowest BCUT2D eigenvalue weighted by molar-refractivity contribution is -0.143. The molecule has 2 N–H and O–H groups in total. The van der Waals surface area contributed by atoms with Gasteiger partial charge in [-0.25, -0.2) is 0 Å². The lowest BCUT2D eigenvalue weighted by atomic mass is 10.2. The molecule has 0 aliphatic heterocycles. The molecule has 0 saturated carbocycles. The lowest BCUT2D eigenvalue weighted by Crippen LogP contribution is -2.12. The number of nitrogens with two attached hydrogens (primary N) is 1. The van der Waals surface area contributed by atoms with E-state index in [0.29, 0.717) is 13.0 Å². The second-order valence-electron chi connectivity index (χ2n) is 3.60. The second kappa shape index (κ2) is 12.3. The molecule has 0 unspecified atom stereocenters. The number of rotatable bonds is 9. The lowest BCUT2D eigenvalue weighted by Gasteiger charge is -2.03. The minimum atomic E-state index is -0.370. The van der Waals surface area contributed by atoms with E-state index in [2.05, 4.69) is 6.92 Å². The Balaban J connectivity index is 0. The van der Waals surface area contributed by atoms with Crippen LogP contribution >= 0.6 is 12.4 Å². The minimum absolute atomic E-state index is 0. The highest BCUT2D eigenvalue weighted by Crippen LogP contribution is 2.01. The summed E-state index contributed by atoms with van der Waals surface area (Å²) in [5, 5.41) is 0. The fraction of sp³-hybridized carbons (Fsp3) is 0.818. The first-order valence-electron chi connectivity index (χ1n) is 5.60. The third-order valence-electron chi connectivity index (χ3n) is 2.07. The normalized spacial score (nSPS) is 9.31. The van der Waals surface area contributed by atoms with Gasteiger partial charge in [-0.3, -0.25) is 9.59 Å². The molecular weight excluding hydrogens is 230 g/mol. The zero-order chi connectivity index (χ0) is 11.5. The number of hydrogen-bond donors (Lipinski definition) is 1. The summed E-state index contributed by atoms with van der Waals surface area (Å²) in [5.41, 5.74) is 4.94. The molecule has 0 radical (unpaired) electrons. The molecule has 0 aliphatic carbocycles. The molecule has 0 atom stereocenters. The number of halogens is 1. The fourth-order valence-electron chi connectivity index (χ4n) is 1.19. The largest absolute Gasteiger partial charge is 0.466 e. The van der Waals surface area contributed by atoms with Crippen molar-refractivity contribution in [2.24, 2.45) is 5.73 Å². The van der Waals surface area contributed by atoms with Crippen LogP contribution in [0.4, 0.5) is 0 Å². The van der Waals surface area contributed by atoms with Crippen LogP contribution in [0.5, 0.6) is 0 Å². The SMILES string of the molecule is CCCCCCOC(=O)CCCC(N)=O.Cl. The number of carbonyl (C=O) groups excluding carboxylic acids is 2. The molecular formula is C11H22ClNO3. The van der Waals surface area contributed by atoms with Crippen molar-refractivity contribution in [3.8, 4) is 0 Å². The first-order valence-corrected chi connectivity index (χ1v) is 5.60. The molecule has 0 heterocycles. The number of carbonyl (C=O) groups is 2. The van der Waals surface area contributed by atoms with Gasteiger partial charge in [0.15, 0.2) is 0 Å². The van der Waals surface area contributed by atoms with E-state index in [4.69, 9.17) is 10.5 Å². The zero-order valence-corrected chi connectivity index (χ0v) is 10.7. The molecule has 0 aliphatic rings. The molecule has 0 fully saturated rings. The maximum Gasteiger partial charge on any atom is 0.305 e. The molecule has 0 aromatic heterocycles. The van der Waals surface area contributed by atoms with E-state index in [-0.39, 0.29) is 37.1 Å². The number of ether oxygens (including phenoxy) is 1. The summed E-state index contributed by atoms with van der Waals surface area (Å²) in [6.45, 7) is 2.63. The number of hydrogen-bond acceptors (Lipinski definition) is 3. The van der Waals surface area contributed by atoms with Crippen LogP contribution in [0.25, 0.3) is 0 Å². The first-order chi connectivity index (χ1) is 7.16. The molecule has 0 saturated heterocycles. The van der Waals surface area contributed by atoms with Gasteiger partial charge in [0, 0.05) is 12.8 Å². The number of unbranched alkanes of at least 4 members (excludes halogenated alkanes) is 3. The Morgan fingerprint density at radius 1 is 1.06 bits per heavy atom. The predicted molar refractivity (Wildman–Crippen MR) is 65.4 cm³/mol. The van der Waals surface area contributed by atoms with Gasteiger partial charge in [-0.2, -0.15) is 0 Å². The van der Waals surface area contributed by atoms with E-state index in [1.807, 2.05) is 0 Å². The van der Waals surface area contributed by atoms with Crippen LogP contribution in [0.3, 0.4) is 0 Å². The zero-order valence-electron chi connectivity index (χ0n) is 9.87. The van der Waals surface area contributed by atoms with E-state index >= 15 is 0 Å². The Morgan fingerprint density at radius 2 is 1.75 bits per heavy atom. The van der Waals surface area contributed by atoms with Crippen molar-refractivity contribution in [2.75, 3.05) is 6.61 Å². The van der Waals surface area contributed by atoms with Crippen molar-refractivity contribution in [3.05, 3.63) is 0 Å². The van der Waals surface area contributed by atoms with Crippen LogP contribution in [0.15, 0.2) is 0 Å². The van der Waals surface area contributed by atoms with E-state index in [0.717, 1.165) is 12.8 Å². The average molecular weight is 252 g/mol. The van der Waals surface area contributed by atoms with Crippen molar-refractivity contribution >= 4 is 24.3 Å². The van der Waals surface area contributed by atoms with Crippen LogP contribution in [0.1, 0.15) is 51.9 Å². The van der Waals surface area contributed by atoms with Crippen LogP contribution in [-0.4, -0.2) is 18.5 Å². The molecule has 0 aromatic carbocycles. The smallest absolute Gasteiger partial charge is 0.305 e. The first kappa shape index (κ1) is 17.6. The summed E-state index contributed by atoms with van der Waals surface area (Å²) in [6.07, 6.45) is 5.41. The van der Waals surface area contributed by atoms with Crippen molar-refractivity contribution < 1.29 is 14.3 Å². The standard InChI is InChI=1S/C11H21NO3.ClH/c1-2-3-4-5-9-15-11(14)8-6-7-10(12)13;/h2-9H2,1H3,(H2,12,13);1H. The Kier molecular flexibility index (Phi) is 13.5. The van der Waals surface area contributed by atoms with Gasteiger partial charge in [0.1, 0.15) is 0 Å². The van der Waals surface area contributed by atoms with Crippen LogP contribution < -0.4 is 5.73 Å². The van der Waals surface area contributed by atoms with E-state index in [1.165, 1.54) is 12.8 Å². The number of esters is 1. The number of amides is 1. The summed E-state index contributed by atoms with van der Waals surface area (Å²) in [6, 6.07) is 0. The summed E-state index contributed by atoms with van der Waals surface area (Å²) in [4.78, 5) is 21.5. The summed E-state index contributed by atoms with van der Waals surface area (Å²) >= 11 is 0. The third-order valence-corrected chi connectivity index (χ3v) is 2.07. The van der Waals surface area contributed by atoms with Gasteiger partial charge in [-0.05, 0) is 12.8 Å². The number of primary amides is 1. The summed E-state index contributed by atoms with van der Waals surface area (Å²) in [7, 11) is 0. The summed E-state index contributed by atoms with van der Waals surface area (Å²) < 4.78 is 4.98. The summed E-state index contributed by atoms with van der Waals surface area (Å²) in [5.74, 6) is -0.599. The van der Waals surface area contributed by atoms with Gasteiger partial charge < -0.3 is 10.5 Å². The van der Waals surface area contributed by atoms with Gasteiger partial charge in [-0.1, -0.05) is 26.2 Å². The predicted octanol–water partition coefficient (Wildman–Crippen LogP) is 2.19. The van der Waals surface area contributed by atoms with Crippen molar-refractivity contribution in [1.29, 1.82) is 0 Å². The van der Waals surface area contributed by atoms with E-state index < -0.39 is 0 Å². The molecule has 0 rings (SSSR count). The van der Waals surface area contributed by atoms with Crippen molar-refractivity contribution in [3.63, 3.8) is 0 Å². The van der Waals surface area contributed by atoms with Crippen LogP contribution in [0.2, 0.25) is 0 Å². The molecule has 1 amide bonds. The van der Waals surface area contributed by atoms with E-state index in [9.17, 15) is 9.59 Å². The van der Waals surface area contributed by atoms with Gasteiger partial charge in [0.2, 0.25) is 5.91 Å². The maximum atomic E-state index is 11.1. The maximum absolute atomic E-state index is 11.1. The van der Waals surface area contributed by atoms with Gasteiger partial charge >= 0.3 is 5.97 Å². The highest BCUT2D eigenvalue weighted by atomic mass is 35.5. The van der Waals surface area contributed by atoms with Gasteiger partial charge in [-0.15, -0.1) is 12.4 Å². The van der Waals surface area contributed by atoms with Crippen LogP contribution in [-0.2, 0) is 14.3 Å². The average Bonchev–Trinajstić information content (AvgIpc) is 2.17. The molecule has 96 valence electrons. The Labute approximate surface area is 103 Å². The highest BCUT2D eigenvalue weighted by molar-refractivity contribution is 5.85. The molecule has 4 nitrogen and oxygen atoms in total. The van der Waals surface area contributed by atoms with Crippen molar-refractivity contribution in [1.82, 2.24) is 0 Å². The Bertz CT molecular complexity index is 198. The Hall–Kier alpha value is -0.770. The molecule has 0 bridgehead atoms. The molecule has 5 heteroatoms. The van der Waals surface area contributed by atoms with Crippen molar-refractivity contribution in [2.45, 2.75) is 51.9 Å². The third kappa shape index (κ3) is 13.2. The molecule has 0 aromatic rings. The van der Waals surface area contributed by atoms with Crippen LogP contribution in [0, 0.1) is 0 Å². The quantitative estimate of drug-likeness (QED) is 0.504.